The van der Waals surface area contributed by atoms with Crippen LogP contribution in [0.25, 0.3) is 10.8 Å². The highest BCUT2D eigenvalue weighted by Crippen LogP contribution is 2.25. The van der Waals surface area contributed by atoms with Gasteiger partial charge in [0.2, 0.25) is 0 Å². The van der Waals surface area contributed by atoms with Crippen molar-refractivity contribution in [2.75, 3.05) is 5.43 Å². The van der Waals surface area contributed by atoms with Gasteiger partial charge in [0.15, 0.2) is 0 Å². The number of nitrogens with zero attached hydrogens (tertiary/aromatic N) is 3. The minimum absolute atomic E-state index is 0.0946. The fraction of sp³-hybridized carbons (Fsp3) is 0.118. The Morgan fingerprint density at radius 1 is 1.08 bits per heavy atom. The van der Waals surface area contributed by atoms with E-state index in [0.717, 1.165) is 15.3 Å². The summed E-state index contributed by atoms with van der Waals surface area (Å²) in [7, 11) is 2.95. The van der Waals surface area contributed by atoms with Crippen LogP contribution in [0, 0.1) is 0 Å². The zero-order chi connectivity index (χ0) is 17.3. The van der Waals surface area contributed by atoms with Crippen molar-refractivity contribution in [1.29, 1.82) is 0 Å². The van der Waals surface area contributed by atoms with E-state index >= 15 is 0 Å². The molecule has 24 heavy (non-hydrogen) atoms. The van der Waals surface area contributed by atoms with Gasteiger partial charge in [-0.3, -0.25) is 19.4 Å². The van der Waals surface area contributed by atoms with Gasteiger partial charge in [-0.1, -0.05) is 30.3 Å². The number of phenols is 1. The third-order valence-corrected chi connectivity index (χ3v) is 3.85. The van der Waals surface area contributed by atoms with Gasteiger partial charge in [-0.2, -0.15) is 5.10 Å². The number of fused-ring (bicyclic) bond motifs is 1. The molecule has 0 saturated carbocycles. The van der Waals surface area contributed by atoms with Gasteiger partial charge < -0.3 is 5.11 Å². The van der Waals surface area contributed by atoms with E-state index in [2.05, 4.69) is 10.5 Å². The van der Waals surface area contributed by atoms with Crippen molar-refractivity contribution in [3.05, 3.63) is 68.9 Å². The van der Waals surface area contributed by atoms with E-state index in [9.17, 15) is 14.7 Å². The minimum Gasteiger partial charge on any atom is -0.507 e. The Balaban J connectivity index is 1.98. The van der Waals surface area contributed by atoms with Crippen LogP contribution in [0.15, 0.2) is 57.2 Å². The number of aromatic hydroxyl groups is 1. The van der Waals surface area contributed by atoms with Crippen molar-refractivity contribution >= 4 is 22.8 Å². The average molecular weight is 324 g/mol. The number of benzene rings is 2. The maximum atomic E-state index is 11.9. The van der Waals surface area contributed by atoms with Crippen molar-refractivity contribution in [1.82, 2.24) is 9.13 Å². The van der Waals surface area contributed by atoms with Crippen LogP contribution in [-0.2, 0) is 14.1 Å². The molecule has 3 aromatic rings. The van der Waals surface area contributed by atoms with Crippen LogP contribution in [0.3, 0.4) is 0 Å². The van der Waals surface area contributed by atoms with Gasteiger partial charge in [0, 0.05) is 25.7 Å². The molecule has 0 bridgehead atoms. The minimum atomic E-state index is -0.451. The predicted octanol–water partition coefficient (Wildman–Crippen LogP) is 1.39. The van der Waals surface area contributed by atoms with Crippen molar-refractivity contribution in [3.63, 3.8) is 0 Å². The third kappa shape index (κ3) is 2.67. The molecule has 0 atom stereocenters. The van der Waals surface area contributed by atoms with Crippen LogP contribution in [0.5, 0.6) is 5.75 Å². The zero-order valence-electron chi connectivity index (χ0n) is 13.2. The third-order valence-electron chi connectivity index (χ3n) is 3.85. The molecule has 2 N–H and O–H groups in total. The molecule has 122 valence electrons. The summed E-state index contributed by atoms with van der Waals surface area (Å²) in [5.74, 6) is 0.358. The van der Waals surface area contributed by atoms with Crippen LogP contribution in [0.4, 0.5) is 5.82 Å². The van der Waals surface area contributed by atoms with Crippen LogP contribution in [0.2, 0.25) is 0 Å². The average Bonchev–Trinajstić information content (AvgIpc) is 2.59. The quantitative estimate of drug-likeness (QED) is 0.563. The Hall–Kier alpha value is -3.35. The number of rotatable bonds is 3. The second kappa shape index (κ2) is 6.04. The normalized spacial score (nSPS) is 11.2. The summed E-state index contributed by atoms with van der Waals surface area (Å²) in [6, 6.07) is 12.3. The lowest BCUT2D eigenvalue weighted by molar-refractivity contribution is 0.475. The molecular formula is C17H16N4O3. The molecular weight excluding hydrogens is 308 g/mol. The van der Waals surface area contributed by atoms with Crippen molar-refractivity contribution in [2.24, 2.45) is 19.2 Å². The summed E-state index contributed by atoms with van der Waals surface area (Å²) in [5, 5.41) is 15.9. The Morgan fingerprint density at radius 2 is 1.83 bits per heavy atom. The van der Waals surface area contributed by atoms with E-state index in [1.54, 1.807) is 6.07 Å². The first-order chi connectivity index (χ1) is 11.5. The smallest absolute Gasteiger partial charge is 0.332 e. The van der Waals surface area contributed by atoms with Crippen LogP contribution in [-0.4, -0.2) is 20.5 Å². The molecule has 0 fully saturated rings. The van der Waals surface area contributed by atoms with Gasteiger partial charge in [0.05, 0.1) is 6.21 Å². The standard InChI is InChI=1S/C17H16N4O3/c1-20-15(9-16(23)21(2)17(20)24)19-18-10-13-12-6-4-3-5-11(12)7-8-14(13)22/h3-10,19,22H,1-2H3. The second-order valence-corrected chi connectivity index (χ2v) is 5.36. The van der Waals surface area contributed by atoms with Gasteiger partial charge >= 0.3 is 5.69 Å². The Morgan fingerprint density at radius 3 is 2.62 bits per heavy atom. The molecule has 0 saturated heterocycles. The summed E-state index contributed by atoms with van der Waals surface area (Å²) < 4.78 is 2.28. The predicted molar refractivity (Wildman–Crippen MR) is 93.8 cm³/mol. The first-order valence-electron chi connectivity index (χ1n) is 7.26. The largest absolute Gasteiger partial charge is 0.507 e. The summed E-state index contributed by atoms with van der Waals surface area (Å²) in [4.78, 5) is 23.6. The second-order valence-electron chi connectivity index (χ2n) is 5.36. The molecule has 0 aliphatic heterocycles. The van der Waals surface area contributed by atoms with E-state index in [0.29, 0.717) is 5.56 Å². The number of anilines is 1. The maximum absolute atomic E-state index is 11.9. The lowest BCUT2D eigenvalue weighted by Crippen LogP contribution is -2.37. The number of phenolic OH excluding ortho intramolecular Hbond substituents is 1. The molecule has 0 aliphatic carbocycles. The molecule has 1 heterocycles. The number of nitrogens with one attached hydrogen (secondary N) is 1. The fourth-order valence-electron chi connectivity index (χ4n) is 2.42. The number of aromatic nitrogens is 2. The number of hydrogen-bond acceptors (Lipinski definition) is 5. The summed E-state index contributed by atoms with van der Waals surface area (Å²) in [6.07, 6.45) is 1.46. The van der Waals surface area contributed by atoms with Crippen molar-refractivity contribution in [2.45, 2.75) is 0 Å². The highest BCUT2D eigenvalue weighted by molar-refractivity contribution is 6.02. The fourth-order valence-corrected chi connectivity index (χ4v) is 2.42. The summed E-state index contributed by atoms with van der Waals surface area (Å²) >= 11 is 0. The maximum Gasteiger partial charge on any atom is 0.332 e. The number of hydrazone groups is 1. The van der Waals surface area contributed by atoms with Crippen LogP contribution in [0.1, 0.15) is 5.56 Å². The molecule has 2 aromatic carbocycles. The molecule has 0 spiro atoms. The molecule has 0 unspecified atom stereocenters. The molecule has 0 radical (unpaired) electrons. The van der Waals surface area contributed by atoms with Crippen molar-refractivity contribution in [3.8, 4) is 5.75 Å². The highest BCUT2D eigenvalue weighted by atomic mass is 16.3. The van der Waals surface area contributed by atoms with Gasteiger partial charge in [0.1, 0.15) is 11.6 Å². The summed E-state index contributed by atoms with van der Waals surface area (Å²) in [5.41, 5.74) is 2.34. The van der Waals surface area contributed by atoms with Gasteiger partial charge in [-0.05, 0) is 16.8 Å². The highest BCUT2D eigenvalue weighted by Gasteiger charge is 2.06. The topological polar surface area (TPSA) is 88.6 Å². The molecule has 7 heteroatoms. The molecule has 3 rings (SSSR count). The number of hydrogen-bond donors (Lipinski definition) is 2. The molecule has 0 aliphatic rings. The zero-order valence-corrected chi connectivity index (χ0v) is 13.2. The van der Waals surface area contributed by atoms with E-state index in [1.807, 2.05) is 30.3 Å². The Bertz CT molecular complexity index is 1060. The van der Waals surface area contributed by atoms with Gasteiger partial charge in [0.25, 0.3) is 5.56 Å². The molecule has 1 aromatic heterocycles. The lowest BCUT2D eigenvalue weighted by atomic mass is 10.0. The van der Waals surface area contributed by atoms with E-state index < -0.39 is 11.2 Å². The van der Waals surface area contributed by atoms with Gasteiger partial charge in [-0.15, -0.1) is 0 Å². The summed E-state index contributed by atoms with van der Waals surface area (Å²) in [6.45, 7) is 0. The van der Waals surface area contributed by atoms with Crippen LogP contribution < -0.4 is 16.7 Å². The van der Waals surface area contributed by atoms with Gasteiger partial charge in [-0.25, -0.2) is 4.79 Å². The van der Waals surface area contributed by atoms with E-state index in [4.69, 9.17) is 0 Å². The SMILES string of the molecule is Cn1c(NN=Cc2c(O)ccc3ccccc23)cc(=O)n(C)c1=O. The lowest BCUT2D eigenvalue weighted by Gasteiger charge is -2.08. The Labute approximate surface area is 137 Å². The van der Waals surface area contributed by atoms with E-state index in [-0.39, 0.29) is 11.6 Å². The monoisotopic (exact) mass is 324 g/mol. The molecule has 7 nitrogen and oxygen atoms in total. The van der Waals surface area contributed by atoms with Crippen LogP contribution >= 0.6 is 0 Å². The van der Waals surface area contributed by atoms with E-state index in [1.165, 1.54) is 30.9 Å². The Kier molecular flexibility index (Phi) is 3.91. The first kappa shape index (κ1) is 15.5. The molecule has 0 amide bonds. The van der Waals surface area contributed by atoms with Crippen molar-refractivity contribution < 1.29 is 5.11 Å². The first-order valence-corrected chi connectivity index (χ1v) is 7.26.